The molecule has 0 radical (unpaired) electrons. The zero-order valence-electron chi connectivity index (χ0n) is 15.6. The number of aromatic nitrogens is 2. The van der Waals surface area contributed by atoms with Crippen molar-refractivity contribution in [3.63, 3.8) is 0 Å². The molecule has 0 saturated carbocycles. The Bertz CT molecular complexity index is 1000. The third-order valence-electron chi connectivity index (χ3n) is 4.75. The molecule has 1 aromatic carbocycles. The van der Waals surface area contributed by atoms with Crippen LogP contribution in [-0.4, -0.2) is 53.4 Å². The van der Waals surface area contributed by atoms with Crippen molar-refractivity contribution in [2.75, 3.05) is 18.5 Å². The van der Waals surface area contributed by atoms with Gasteiger partial charge in [0.1, 0.15) is 0 Å². The topological polar surface area (TPSA) is 148 Å². The average Bonchev–Trinajstić information content (AvgIpc) is 2.73. The predicted molar refractivity (Wildman–Crippen MR) is 102 cm³/mol. The van der Waals surface area contributed by atoms with Gasteiger partial charge >= 0.3 is 0 Å². The van der Waals surface area contributed by atoms with Crippen LogP contribution >= 0.6 is 0 Å². The number of sulfone groups is 1. The van der Waals surface area contributed by atoms with Gasteiger partial charge in [-0.15, -0.1) is 0 Å². The fourth-order valence-electron chi connectivity index (χ4n) is 3.17. The summed E-state index contributed by atoms with van der Waals surface area (Å²) in [6, 6.07) is 5.88. The molecule has 1 fully saturated rings. The van der Waals surface area contributed by atoms with Crippen molar-refractivity contribution in [2.45, 2.75) is 29.4 Å². The third kappa shape index (κ3) is 3.97. The predicted octanol–water partition coefficient (Wildman–Crippen LogP) is 0.930. The Morgan fingerprint density at radius 3 is 2.28 bits per heavy atom. The number of hydroxylamine groups is 1. The molecule has 0 bridgehead atoms. The standard InChI is InChI=1S/C18H20N4O6S/c1-12(23)21-16-11-19-15(10-20-16)13-2-4-14(5-3-13)29(26,27)18(17(24)22-25)6-8-28-9-7-18/h2-5,10-11,25H,6-9H2,1H3,(H,22,24)(H,20,21,23). The number of benzene rings is 1. The lowest BCUT2D eigenvalue weighted by Crippen LogP contribution is -2.54. The summed E-state index contributed by atoms with van der Waals surface area (Å²) in [6.45, 7) is 1.55. The van der Waals surface area contributed by atoms with Crippen molar-refractivity contribution in [3.05, 3.63) is 36.7 Å². The molecule has 1 aliphatic heterocycles. The molecule has 1 saturated heterocycles. The van der Waals surface area contributed by atoms with Crippen LogP contribution in [0.1, 0.15) is 19.8 Å². The fraction of sp³-hybridized carbons (Fsp3) is 0.333. The molecule has 2 heterocycles. The molecule has 2 amide bonds. The van der Waals surface area contributed by atoms with E-state index in [2.05, 4.69) is 15.3 Å². The number of hydrogen-bond acceptors (Lipinski definition) is 8. The van der Waals surface area contributed by atoms with Crippen LogP contribution in [0.15, 0.2) is 41.6 Å². The van der Waals surface area contributed by atoms with E-state index in [1.54, 1.807) is 12.1 Å². The molecule has 154 valence electrons. The van der Waals surface area contributed by atoms with Gasteiger partial charge in [0.2, 0.25) is 5.91 Å². The molecule has 0 aliphatic carbocycles. The number of anilines is 1. The molecule has 2 aromatic rings. The van der Waals surface area contributed by atoms with Gasteiger partial charge in [-0.05, 0) is 25.0 Å². The maximum absolute atomic E-state index is 13.2. The first-order chi connectivity index (χ1) is 13.8. The van der Waals surface area contributed by atoms with E-state index in [1.165, 1.54) is 36.9 Å². The zero-order chi connectivity index (χ0) is 21.1. The van der Waals surface area contributed by atoms with E-state index in [0.717, 1.165) is 0 Å². The van der Waals surface area contributed by atoms with E-state index >= 15 is 0 Å². The lowest BCUT2D eigenvalue weighted by molar-refractivity contribution is -0.134. The minimum atomic E-state index is -4.09. The first-order valence-electron chi connectivity index (χ1n) is 8.77. The second-order valence-electron chi connectivity index (χ2n) is 6.54. The van der Waals surface area contributed by atoms with Crippen LogP contribution in [0, 0.1) is 0 Å². The van der Waals surface area contributed by atoms with Crippen molar-refractivity contribution in [1.82, 2.24) is 15.4 Å². The summed E-state index contributed by atoms with van der Waals surface area (Å²) >= 11 is 0. The molecule has 3 rings (SSSR count). The Morgan fingerprint density at radius 2 is 1.76 bits per heavy atom. The molecular formula is C18H20N4O6S. The number of carbonyl (C=O) groups is 2. The molecular weight excluding hydrogens is 400 g/mol. The highest BCUT2D eigenvalue weighted by atomic mass is 32.2. The molecule has 11 heteroatoms. The number of nitrogens with zero attached hydrogens (tertiary/aromatic N) is 2. The number of rotatable bonds is 5. The quantitative estimate of drug-likeness (QED) is 0.478. The number of carbonyl (C=O) groups excluding carboxylic acids is 2. The van der Waals surface area contributed by atoms with Gasteiger partial charge in [0.25, 0.3) is 5.91 Å². The van der Waals surface area contributed by atoms with E-state index in [9.17, 15) is 18.0 Å². The highest BCUT2D eigenvalue weighted by molar-refractivity contribution is 7.93. The molecule has 1 aromatic heterocycles. The van der Waals surface area contributed by atoms with Gasteiger partial charge in [0, 0.05) is 25.7 Å². The van der Waals surface area contributed by atoms with Crippen molar-refractivity contribution in [3.8, 4) is 11.3 Å². The number of hydrogen-bond donors (Lipinski definition) is 3. The Balaban J connectivity index is 1.90. The second-order valence-corrected chi connectivity index (χ2v) is 8.80. The largest absolute Gasteiger partial charge is 0.381 e. The SMILES string of the molecule is CC(=O)Nc1cnc(-c2ccc(S(=O)(=O)C3(C(=O)NO)CCOCC3)cc2)cn1. The van der Waals surface area contributed by atoms with Gasteiger partial charge in [-0.2, -0.15) is 0 Å². The smallest absolute Gasteiger partial charge is 0.265 e. The molecule has 1 aliphatic rings. The Labute approximate surface area is 167 Å². The summed E-state index contributed by atoms with van der Waals surface area (Å²) in [4.78, 5) is 31.5. The van der Waals surface area contributed by atoms with Gasteiger partial charge in [0.05, 0.1) is 23.0 Å². The monoisotopic (exact) mass is 420 g/mol. The van der Waals surface area contributed by atoms with Crippen LogP contribution in [0.3, 0.4) is 0 Å². The zero-order valence-corrected chi connectivity index (χ0v) is 16.4. The van der Waals surface area contributed by atoms with Crippen LogP contribution in [0.4, 0.5) is 5.82 Å². The van der Waals surface area contributed by atoms with Gasteiger partial charge in [0.15, 0.2) is 20.4 Å². The number of ether oxygens (including phenoxy) is 1. The first-order valence-corrected chi connectivity index (χ1v) is 10.3. The summed E-state index contributed by atoms with van der Waals surface area (Å²) in [5, 5.41) is 11.6. The highest BCUT2D eigenvalue weighted by Gasteiger charge is 2.52. The van der Waals surface area contributed by atoms with Crippen LogP contribution in [-0.2, 0) is 24.2 Å². The molecule has 29 heavy (non-hydrogen) atoms. The van der Waals surface area contributed by atoms with Crippen LogP contribution < -0.4 is 10.8 Å². The molecule has 3 N–H and O–H groups in total. The normalized spacial score (nSPS) is 16.1. The second kappa shape index (κ2) is 8.23. The van der Waals surface area contributed by atoms with Crippen molar-refractivity contribution >= 4 is 27.5 Å². The van der Waals surface area contributed by atoms with E-state index in [-0.39, 0.29) is 36.9 Å². The van der Waals surface area contributed by atoms with Crippen molar-refractivity contribution in [2.24, 2.45) is 0 Å². The summed E-state index contributed by atoms with van der Waals surface area (Å²) in [6.07, 6.45) is 2.73. The van der Waals surface area contributed by atoms with Crippen LogP contribution in [0.2, 0.25) is 0 Å². The van der Waals surface area contributed by atoms with Crippen LogP contribution in [0.25, 0.3) is 11.3 Å². The molecule has 0 spiro atoms. The van der Waals surface area contributed by atoms with E-state index < -0.39 is 20.5 Å². The maximum atomic E-state index is 13.2. The Morgan fingerprint density at radius 1 is 1.10 bits per heavy atom. The van der Waals surface area contributed by atoms with Gasteiger partial charge in [-0.3, -0.25) is 19.8 Å². The number of amides is 2. The van der Waals surface area contributed by atoms with Gasteiger partial charge in [-0.1, -0.05) is 12.1 Å². The third-order valence-corrected chi connectivity index (χ3v) is 7.26. The minimum Gasteiger partial charge on any atom is -0.381 e. The lowest BCUT2D eigenvalue weighted by atomic mass is 9.98. The fourth-order valence-corrected chi connectivity index (χ4v) is 5.11. The van der Waals surface area contributed by atoms with E-state index in [4.69, 9.17) is 9.94 Å². The summed E-state index contributed by atoms with van der Waals surface area (Å²) in [5.41, 5.74) is 2.58. The lowest BCUT2D eigenvalue weighted by Gasteiger charge is -2.34. The highest BCUT2D eigenvalue weighted by Crippen LogP contribution is 2.35. The van der Waals surface area contributed by atoms with E-state index in [0.29, 0.717) is 17.1 Å². The Kier molecular flexibility index (Phi) is 5.91. The molecule has 0 unspecified atom stereocenters. The van der Waals surface area contributed by atoms with Crippen molar-refractivity contribution < 1.29 is 28.0 Å². The Hall–Kier alpha value is -2.89. The summed E-state index contributed by atoms with van der Waals surface area (Å²) < 4.78 is 29.8. The first kappa shape index (κ1) is 20.8. The molecule has 10 nitrogen and oxygen atoms in total. The number of nitrogens with one attached hydrogen (secondary N) is 2. The van der Waals surface area contributed by atoms with Gasteiger partial charge < -0.3 is 10.1 Å². The van der Waals surface area contributed by atoms with Crippen LogP contribution in [0.5, 0.6) is 0 Å². The van der Waals surface area contributed by atoms with E-state index in [1.807, 2.05) is 0 Å². The average molecular weight is 420 g/mol. The van der Waals surface area contributed by atoms with Gasteiger partial charge in [-0.25, -0.2) is 18.9 Å². The maximum Gasteiger partial charge on any atom is 0.265 e. The molecule has 0 atom stereocenters. The summed E-state index contributed by atoms with van der Waals surface area (Å²) in [5.74, 6) is -0.934. The summed E-state index contributed by atoms with van der Waals surface area (Å²) in [7, 11) is -4.09. The minimum absolute atomic E-state index is 0.0467. The van der Waals surface area contributed by atoms with Crippen molar-refractivity contribution in [1.29, 1.82) is 0 Å².